The number of thiophene rings is 1. The van der Waals surface area contributed by atoms with E-state index in [0.717, 1.165) is 0 Å². The van der Waals surface area contributed by atoms with Gasteiger partial charge in [-0.05, 0) is 64.8 Å². The van der Waals surface area contributed by atoms with Gasteiger partial charge in [-0.25, -0.2) is 0 Å². The Hall–Kier alpha value is -3.18. The molecule has 0 amide bonds. The molecule has 0 spiro atoms. The smallest absolute Gasteiger partial charge is 0.0459 e. The first-order chi connectivity index (χ1) is 23.8. The molecule has 0 radical (unpaired) electrons. The average Bonchev–Trinajstić information content (AvgIpc) is 3.54. The van der Waals surface area contributed by atoms with E-state index < -0.39 is 15.8 Å². The maximum absolute atomic E-state index is 4.85. The first-order valence-electron chi connectivity index (χ1n) is 15.5. The monoisotopic (exact) mass is 800 g/mol. The Morgan fingerprint density at radius 1 is 0.438 bits per heavy atom. The summed E-state index contributed by atoms with van der Waals surface area (Å²) < 4.78 is 2.80. The number of hydrogen-bond acceptors (Lipinski definition) is 1. The topological polar surface area (TPSA) is 0 Å². The van der Waals surface area contributed by atoms with E-state index in [1.807, 2.05) is 11.3 Å². The summed E-state index contributed by atoms with van der Waals surface area (Å²) in [5, 5.41) is 10.9. The third-order valence-corrected chi connectivity index (χ3v) is 14.8. The van der Waals surface area contributed by atoms with E-state index in [0.29, 0.717) is 0 Å². The van der Waals surface area contributed by atoms with Gasteiger partial charge in [0.15, 0.2) is 0 Å². The number of rotatable bonds is 7. The molecule has 0 aliphatic carbocycles. The molecule has 48 heavy (non-hydrogen) atoms. The molecule has 0 nitrogen and oxygen atoms in total. The van der Waals surface area contributed by atoms with Gasteiger partial charge < -0.3 is 0 Å². The molecule has 0 bridgehead atoms. The first-order valence-corrected chi connectivity index (χ1v) is 23.5. The van der Waals surface area contributed by atoms with Crippen molar-refractivity contribution in [1.29, 1.82) is 0 Å². The summed E-state index contributed by atoms with van der Waals surface area (Å²) in [6, 6.07) is 67.2. The van der Waals surface area contributed by atoms with Crippen LogP contribution in [0.15, 0.2) is 182 Å². The van der Waals surface area contributed by atoms with Crippen molar-refractivity contribution in [2.45, 2.75) is 0 Å². The minimum Gasteiger partial charge on any atom is -0.134 e. The van der Waals surface area contributed by atoms with Crippen molar-refractivity contribution in [3.05, 3.63) is 182 Å². The number of benzene rings is 7. The molecule has 7 aromatic carbocycles. The van der Waals surface area contributed by atoms with Gasteiger partial charge in [0.05, 0.1) is 0 Å². The zero-order valence-corrected chi connectivity index (χ0v) is 31.6. The van der Waals surface area contributed by atoms with E-state index in [-0.39, 0.29) is 15.1 Å². The Labute approximate surface area is 304 Å². The summed E-state index contributed by atoms with van der Waals surface area (Å²) in [5.41, 5.74) is 2.73. The molecule has 0 fully saturated rings. The second-order valence-corrected chi connectivity index (χ2v) is 19.4. The Bertz CT molecular complexity index is 2170. The quantitative estimate of drug-likeness (QED) is 0.111. The van der Waals surface area contributed by atoms with Gasteiger partial charge in [0.25, 0.3) is 0 Å². The van der Waals surface area contributed by atoms with E-state index in [1.165, 1.54) is 63.1 Å². The van der Waals surface area contributed by atoms with E-state index in [4.69, 9.17) is 19.4 Å². The molecular weight excluding hydrogens is 770 g/mol. The molecule has 8 aromatic rings. The van der Waals surface area contributed by atoms with Gasteiger partial charge in [0, 0.05) is 20.3 Å². The van der Waals surface area contributed by atoms with Gasteiger partial charge in [0.2, 0.25) is 0 Å². The minimum atomic E-state index is -0.807. The fourth-order valence-electron chi connectivity index (χ4n) is 6.26. The van der Waals surface area contributed by atoms with E-state index in [2.05, 4.69) is 182 Å². The number of halogens is 2. The van der Waals surface area contributed by atoms with Gasteiger partial charge in [-0.15, -0.1) is 11.3 Å². The van der Waals surface area contributed by atoms with Crippen LogP contribution in [0.25, 0.3) is 32.0 Å². The minimum absolute atomic E-state index is 0.346. The Morgan fingerprint density at radius 3 is 1.42 bits per heavy atom. The van der Waals surface area contributed by atoms with Gasteiger partial charge in [0.1, 0.15) is 0 Å². The fraction of sp³-hybridized carbons (Fsp3) is 0. The summed E-state index contributed by atoms with van der Waals surface area (Å²) in [4.78, 5) is 0. The first kappa shape index (κ1) is 33.3. The summed E-state index contributed by atoms with van der Waals surface area (Å²) in [5.74, 6) is 0. The van der Waals surface area contributed by atoms with Crippen LogP contribution < -0.4 is 31.1 Å². The molecule has 0 aliphatic heterocycles. The van der Waals surface area contributed by atoms with E-state index >= 15 is 0 Å². The van der Waals surface area contributed by atoms with Crippen molar-refractivity contribution >= 4 is 98.6 Å². The van der Waals surface area contributed by atoms with Crippen molar-refractivity contribution in [3.63, 3.8) is 0 Å². The van der Waals surface area contributed by atoms with Crippen LogP contribution in [0.2, 0.25) is 0 Å². The second kappa shape index (κ2) is 16.0. The standard InChI is InChI=1S/C42H30P2S.2ClH.Ru/c1-5-18-32(19-6-1)43(33-20-7-2-8-21-33)38-28-16-15-27-37(38)41-40-36-26-14-13-17-31(36)29-30-39(40)45-42(41)44(34-22-9-3-10-23-34)35-24-11-4-12-25-35;;;/h1-30H;2*1H;/q;;;+2/p-2. The fourth-order valence-corrected chi connectivity index (χ4v) is 13.1. The maximum atomic E-state index is 4.85. The van der Waals surface area contributed by atoms with E-state index in [9.17, 15) is 0 Å². The van der Waals surface area contributed by atoms with Crippen LogP contribution in [-0.2, 0) is 15.1 Å². The van der Waals surface area contributed by atoms with Crippen LogP contribution in [-0.4, -0.2) is 0 Å². The Kier molecular flexibility index (Phi) is 11.1. The molecule has 0 unspecified atom stereocenters. The molecule has 236 valence electrons. The molecule has 1 heterocycles. The molecule has 0 saturated carbocycles. The van der Waals surface area contributed by atoms with Gasteiger partial charge in [-0.1, -0.05) is 176 Å². The van der Waals surface area contributed by atoms with Crippen molar-refractivity contribution in [2.24, 2.45) is 0 Å². The van der Waals surface area contributed by atoms with Crippen LogP contribution in [0.1, 0.15) is 0 Å². The normalized spacial score (nSPS) is 11.2. The Balaban J connectivity index is 0.00000117. The molecule has 6 heteroatoms. The molecular formula is C42H30Cl2P2RuS. The third-order valence-electron chi connectivity index (χ3n) is 8.24. The average molecular weight is 801 g/mol. The van der Waals surface area contributed by atoms with Crippen molar-refractivity contribution in [2.75, 3.05) is 0 Å². The molecule has 0 saturated heterocycles. The maximum Gasteiger partial charge on any atom is 0.0459 e. The largest absolute Gasteiger partial charge is 0.134 e. The summed E-state index contributed by atoms with van der Waals surface area (Å²) >= 11 is 1.63. The predicted octanol–water partition coefficient (Wildman–Crippen LogP) is 10.6. The van der Waals surface area contributed by atoms with Crippen LogP contribution in [0.3, 0.4) is 0 Å². The van der Waals surface area contributed by atoms with Crippen molar-refractivity contribution < 1.29 is 15.1 Å². The van der Waals surface area contributed by atoms with E-state index in [1.54, 1.807) is 0 Å². The number of fused-ring (bicyclic) bond motifs is 3. The Morgan fingerprint density at radius 2 is 0.875 bits per heavy atom. The third kappa shape index (κ3) is 6.95. The van der Waals surface area contributed by atoms with Gasteiger partial charge in [-0.3, -0.25) is 0 Å². The van der Waals surface area contributed by atoms with Crippen LogP contribution in [0.4, 0.5) is 0 Å². The molecule has 1 aromatic heterocycles. The van der Waals surface area contributed by atoms with Crippen LogP contribution in [0, 0.1) is 0 Å². The zero-order valence-electron chi connectivity index (χ0n) is 25.7. The van der Waals surface area contributed by atoms with Crippen LogP contribution in [0.5, 0.6) is 0 Å². The molecule has 0 atom stereocenters. The van der Waals surface area contributed by atoms with Crippen molar-refractivity contribution in [1.82, 2.24) is 0 Å². The molecule has 0 aliphatic rings. The van der Waals surface area contributed by atoms with Gasteiger partial charge in [-0.2, -0.15) is 0 Å². The summed E-state index contributed by atoms with van der Waals surface area (Å²) in [6.45, 7) is 0. The number of hydrogen-bond donors (Lipinski definition) is 0. The zero-order chi connectivity index (χ0) is 32.7. The SMILES string of the molecule is [Cl][Ru][Cl].c1ccc(P(c2ccccc2)c2ccccc2-c2c(P(c3ccccc3)c3ccccc3)sc3ccc4ccccc4c23)cc1. The second-order valence-electron chi connectivity index (χ2n) is 11.0. The van der Waals surface area contributed by atoms with Crippen molar-refractivity contribution in [3.8, 4) is 11.1 Å². The van der Waals surface area contributed by atoms with Gasteiger partial charge >= 0.3 is 34.5 Å². The summed E-state index contributed by atoms with van der Waals surface area (Å²) in [6.07, 6.45) is 0. The van der Waals surface area contributed by atoms with Crippen LogP contribution >= 0.6 is 46.6 Å². The predicted molar refractivity (Wildman–Crippen MR) is 214 cm³/mol. The molecule has 0 N–H and O–H groups in total. The molecule has 8 rings (SSSR count). The summed E-state index contributed by atoms with van der Waals surface area (Å²) in [7, 11) is 8.10.